The van der Waals surface area contributed by atoms with E-state index in [1.807, 2.05) is 24.3 Å². The lowest BCUT2D eigenvalue weighted by molar-refractivity contribution is -0.857. The molecular weight excluding hydrogens is 277 g/mol. The van der Waals surface area contributed by atoms with Crippen LogP contribution in [0.2, 0.25) is 0 Å². The molecule has 0 bridgehead atoms. The van der Waals surface area contributed by atoms with E-state index in [4.69, 9.17) is 0 Å². The van der Waals surface area contributed by atoms with Gasteiger partial charge in [-0.25, -0.2) is 0 Å². The van der Waals surface area contributed by atoms with Gasteiger partial charge in [0.05, 0.1) is 27.1 Å². The Balaban J connectivity index is 0.00000196. The molecule has 0 amide bonds. The molecule has 0 unspecified atom stereocenters. The molecule has 0 radical (unpaired) electrons. The fourth-order valence-corrected chi connectivity index (χ4v) is 1.41. The van der Waals surface area contributed by atoms with Gasteiger partial charge in [0, 0.05) is 10.0 Å². The number of carbonyl (C=O) groups is 1. The highest BCUT2D eigenvalue weighted by Gasteiger charge is 2.06. The summed E-state index contributed by atoms with van der Waals surface area (Å²) in [5.74, 6) is 0.221. The minimum Gasteiger partial charge on any atom is -1.00 e. The van der Waals surface area contributed by atoms with Crippen molar-refractivity contribution in [1.29, 1.82) is 0 Å². The number of Topliss-reactive ketones (excluding diaryl/α,β-unsaturated/α-hetero) is 1. The summed E-state index contributed by atoms with van der Waals surface area (Å²) >= 11 is 3.34. The Bertz CT molecular complexity index is 311. The van der Waals surface area contributed by atoms with Crippen LogP contribution in [0.3, 0.4) is 0 Å². The number of quaternary nitrogens is 1. The molecule has 15 heavy (non-hydrogen) atoms. The van der Waals surface area contributed by atoms with E-state index in [0.717, 1.165) is 16.6 Å². The van der Waals surface area contributed by atoms with E-state index in [2.05, 4.69) is 30.0 Å². The van der Waals surface area contributed by atoms with Crippen LogP contribution in [0.15, 0.2) is 28.7 Å². The summed E-state index contributed by atoms with van der Waals surface area (Å²) in [7, 11) is 4.10. The Hall–Kier alpha value is -0.380. The van der Waals surface area contributed by atoms with Gasteiger partial charge in [-0.15, -0.1) is 0 Å². The topological polar surface area (TPSA) is 21.5 Å². The van der Waals surface area contributed by atoms with Crippen molar-refractivity contribution >= 4 is 21.7 Å². The van der Waals surface area contributed by atoms with Gasteiger partial charge in [-0.2, -0.15) is 0 Å². The van der Waals surface area contributed by atoms with Gasteiger partial charge in [-0.3, -0.25) is 4.79 Å². The Kier molecular flexibility index (Phi) is 6.81. The molecule has 1 aromatic carbocycles. The maximum atomic E-state index is 11.6. The molecule has 0 saturated heterocycles. The Morgan fingerprint density at radius 3 is 2.27 bits per heavy atom. The monoisotopic (exact) mass is 291 g/mol. The summed E-state index contributed by atoms with van der Waals surface area (Å²) in [6.45, 7) is 0.884. The Labute approximate surface area is 105 Å². The first-order chi connectivity index (χ1) is 6.59. The second kappa shape index (κ2) is 6.99. The number of hydrogen-bond donors (Lipinski definition) is 1. The predicted octanol–water partition coefficient (Wildman–Crippen LogP) is -1.83. The van der Waals surface area contributed by atoms with E-state index in [9.17, 15) is 4.79 Å². The normalized spacial score (nSPS) is 9.87. The van der Waals surface area contributed by atoms with E-state index in [-0.39, 0.29) is 18.2 Å². The minimum atomic E-state index is 0. The standard InChI is InChI=1S/C11H14BrNO.ClH/c1-13(2)8-7-11(14)9-3-5-10(12)6-4-9;/h3-6H,7-8H2,1-2H3;1H. The number of ketones is 1. The molecule has 0 saturated carbocycles. The van der Waals surface area contributed by atoms with E-state index in [0.29, 0.717) is 6.42 Å². The van der Waals surface area contributed by atoms with Gasteiger partial charge in [-0.05, 0) is 12.1 Å². The van der Waals surface area contributed by atoms with E-state index in [1.165, 1.54) is 4.90 Å². The number of halogens is 2. The first-order valence-electron chi connectivity index (χ1n) is 4.67. The molecule has 0 heterocycles. The molecule has 0 fully saturated rings. The lowest BCUT2D eigenvalue weighted by Crippen LogP contribution is -3.05. The van der Waals surface area contributed by atoms with E-state index >= 15 is 0 Å². The van der Waals surface area contributed by atoms with Gasteiger partial charge in [0.1, 0.15) is 0 Å². The zero-order chi connectivity index (χ0) is 10.6. The molecule has 0 aliphatic carbocycles. The van der Waals surface area contributed by atoms with Crippen LogP contribution in [0.5, 0.6) is 0 Å². The van der Waals surface area contributed by atoms with Gasteiger partial charge in [0.2, 0.25) is 0 Å². The third-order valence-corrected chi connectivity index (χ3v) is 2.55. The van der Waals surface area contributed by atoms with Crippen molar-refractivity contribution in [3.05, 3.63) is 34.3 Å². The van der Waals surface area contributed by atoms with Crippen LogP contribution in [0.4, 0.5) is 0 Å². The number of hydrogen-bond acceptors (Lipinski definition) is 1. The average Bonchev–Trinajstić information content (AvgIpc) is 2.15. The maximum Gasteiger partial charge on any atom is 0.168 e. The molecule has 0 atom stereocenters. The van der Waals surface area contributed by atoms with Crippen LogP contribution in [0, 0.1) is 0 Å². The Morgan fingerprint density at radius 2 is 1.80 bits per heavy atom. The molecule has 4 heteroatoms. The van der Waals surface area contributed by atoms with Gasteiger partial charge < -0.3 is 17.3 Å². The lowest BCUT2D eigenvalue weighted by atomic mass is 10.1. The van der Waals surface area contributed by atoms with Crippen LogP contribution in [-0.2, 0) is 0 Å². The zero-order valence-corrected chi connectivity index (χ0v) is 11.2. The molecule has 0 aliphatic rings. The summed E-state index contributed by atoms with van der Waals surface area (Å²) in [6, 6.07) is 7.51. The van der Waals surface area contributed by atoms with Crippen molar-refractivity contribution in [3.63, 3.8) is 0 Å². The summed E-state index contributed by atoms with van der Waals surface area (Å²) in [5, 5.41) is 0. The molecule has 84 valence electrons. The van der Waals surface area contributed by atoms with Crippen LogP contribution in [0.1, 0.15) is 16.8 Å². The van der Waals surface area contributed by atoms with Gasteiger partial charge in [-0.1, -0.05) is 28.1 Å². The molecule has 1 N–H and O–H groups in total. The smallest absolute Gasteiger partial charge is 0.168 e. The van der Waals surface area contributed by atoms with Crippen molar-refractivity contribution < 1.29 is 22.1 Å². The number of nitrogens with one attached hydrogen (secondary N) is 1. The first kappa shape index (κ1) is 14.6. The van der Waals surface area contributed by atoms with Crippen molar-refractivity contribution in [2.75, 3.05) is 20.6 Å². The third kappa shape index (κ3) is 5.30. The van der Waals surface area contributed by atoms with E-state index in [1.54, 1.807) is 0 Å². The summed E-state index contributed by atoms with van der Waals surface area (Å²) in [6.07, 6.45) is 0.615. The first-order valence-corrected chi connectivity index (χ1v) is 5.46. The van der Waals surface area contributed by atoms with Crippen LogP contribution in [-0.4, -0.2) is 26.4 Å². The summed E-state index contributed by atoms with van der Waals surface area (Å²) < 4.78 is 1.01. The SMILES string of the molecule is C[NH+](C)CCC(=O)c1ccc(Br)cc1.[Cl-]. The van der Waals surface area contributed by atoms with Gasteiger partial charge in [0.25, 0.3) is 0 Å². The maximum absolute atomic E-state index is 11.6. The van der Waals surface area contributed by atoms with Crippen LogP contribution < -0.4 is 17.3 Å². The van der Waals surface area contributed by atoms with Crippen molar-refractivity contribution in [2.24, 2.45) is 0 Å². The fourth-order valence-electron chi connectivity index (χ4n) is 1.14. The van der Waals surface area contributed by atoms with Crippen molar-refractivity contribution in [1.82, 2.24) is 0 Å². The quantitative estimate of drug-likeness (QED) is 0.648. The highest BCUT2D eigenvalue weighted by molar-refractivity contribution is 9.10. The number of carbonyl (C=O) groups excluding carboxylic acids is 1. The lowest BCUT2D eigenvalue weighted by Gasteiger charge is -2.06. The molecule has 0 aromatic heterocycles. The molecule has 1 rings (SSSR count). The average molecular weight is 293 g/mol. The third-order valence-electron chi connectivity index (χ3n) is 2.02. The minimum absolute atomic E-state index is 0. The van der Waals surface area contributed by atoms with E-state index < -0.39 is 0 Å². The molecule has 0 aliphatic heterocycles. The predicted molar refractivity (Wildman–Crippen MR) is 60.8 cm³/mol. The molecule has 1 aromatic rings. The molecule has 2 nitrogen and oxygen atoms in total. The fraction of sp³-hybridized carbons (Fsp3) is 0.364. The number of rotatable bonds is 4. The summed E-state index contributed by atoms with van der Waals surface area (Å²) in [5.41, 5.74) is 0.800. The van der Waals surface area contributed by atoms with Gasteiger partial charge >= 0.3 is 0 Å². The second-order valence-corrected chi connectivity index (χ2v) is 4.55. The molecular formula is C11H15BrClNO. The largest absolute Gasteiger partial charge is 1.00 e. The second-order valence-electron chi connectivity index (χ2n) is 3.64. The zero-order valence-electron chi connectivity index (χ0n) is 8.89. The highest BCUT2D eigenvalue weighted by atomic mass is 79.9. The summed E-state index contributed by atoms with van der Waals surface area (Å²) in [4.78, 5) is 12.9. The van der Waals surface area contributed by atoms with Gasteiger partial charge in [0.15, 0.2) is 5.78 Å². The molecule has 0 spiro atoms. The van der Waals surface area contributed by atoms with Crippen LogP contribution in [0.25, 0.3) is 0 Å². The van der Waals surface area contributed by atoms with Crippen molar-refractivity contribution in [3.8, 4) is 0 Å². The van der Waals surface area contributed by atoms with Crippen LogP contribution >= 0.6 is 15.9 Å². The number of benzene rings is 1. The highest BCUT2D eigenvalue weighted by Crippen LogP contribution is 2.11. The van der Waals surface area contributed by atoms with Crippen molar-refractivity contribution in [2.45, 2.75) is 6.42 Å². The Morgan fingerprint density at radius 1 is 1.27 bits per heavy atom.